The molecule has 7 nitrogen and oxygen atoms in total. The number of rotatable bonds is 3. The lowest BCUT2D eigenvalue weighted by Crippen LogP contribution is -1.96. The van der Waals surface area contributed by atoms with Crippen molar-refractivity contribution >= 4 is 22.2 Å². The Morgan fingerprint density at radius 1 is 0.840 bits per heavy atom. The fourth-order valence-electron chi connectivity index (χ4n) is 3.05. The van der Waals surface area contributed by atoms with Gasteiger partial charge >= 0.3 is 0 Å². The van der Waals surface area contributed by atoms with E-state index < -0.39 is 0 Å². The van der Waals surface area contributed by atoms with Crippen LogP contribution in [-0.4, -0.2) is 34.2 Å². The first-order chi connectivity index (χ1) is 12.3. The molecule has 5 aromatic rings. The molecule has 7 heteroatoms. The van der Waals surface area contributed by atoms with E-state index >= 15 is 0 Å². The summed E-state index contributed by atoms with van der Waals surface area (Å²) in [7, 11) is 0. The van der Waals surface area contributed by atoms with Crippen LogP contribution >= 0.6 is 0 Å². The highest BCUT2D eigenvalue weighted by Crippen LogP contribution is 2.16. The Labute approximate surface area is 143 Å². The van der Waals surface area contributed by atoms with Crippen LogP contribution in [0.5, 0.6) is 0 Å². The summed E-state index contributed by atoms with van der Waals surface area (Å²) in [6, 6.07) is 9.90. The molecule has 0 N–H and O–H groups in total. The molecule has 0 aromatic carbocycles. The highest BCUT2D eigenvalue weighted by atomic mass is 15.3. The summed E-state index contributed by atoms with van der Waals surface area (Å²) in [5.74, 6) is 1.59. The third-order valence-electron chi connectivity index (χ3n) is 4.30. The van der Waals surface area contributed by atoms with Gasteiger partial charge in [0.15, 0.2) is 22.9 Å². The van der Waals surface area contributed by atoms with Crippen molar-refractivity contribution in [1.29, 1.82) is 0 Å². The first-order valence-corrected chi connectivity index (χ1v) is 8.18. The average Bonchev–Trinajstić information content (AvgIpc) is 3.24. The van der Waals surface area contributed by atoms with Crippen LogP contribution in [-0.2, 0) is 12.8 Å². The zero-order chi connectivity index (χ0) is 16.8. The Balaban J connectivity index is 1.47. The second-order valence-corrected chi connectivity index (χ2v) is 6.04. The molecule has 0 aliphatic carbocycles. The number of pyridine rings is 3. The maximum Gasteiger partial charge on any atom is 0.164 e. The van der Waals surface area contributed by atoms with E-state index in [1.54, 1.807) is 10.7 Å². The predicted molar refractivity (Wildman–Crippen MR) is 93.4 cm³/mol. The van der Waals surface area contributed by atoms with Gasteiger partial charge in [-0.3, -0.25) is 4.98 Å². The van der Waals surface area contributed by atoms with Gasteiger partial charge in [0.2, 0.25) is 0 Å². The van der Waals surface area contributed by atoms with E-state index in [2.05, 4.69) is 25.1 Å². The molecule has 0 unspecified atom stereocenters. The molecule has 5 rings (SSSR count). The fraction of sp³-hybridized carbons (Fsp3) is 0.167. The van der Waals surface area contributed by atoms with Crippen LogP contribution in [0, 0.1) is 6.92 Å². The maximum atomic E-state index is 4.68. The highest BCUT2D eigenvalue weighted by molar-refractivity contribution is 5.90. The van der Waals surface area contributed by atoms with Gasteiger partial charge in [0.05, 0.1) is 5.52 Å². The van der Waals surface area contributed by atoms with Crippen LogP contribution < -0.4 is 0 Å². The summed E-state index contributed by atoms with van der Waals surface area (Å²) in [4.78, 5) is 13.7. The van der Waals surface area contributed by atoms with E-state index in [1.165, 1.54) is 0 Å². The molecule has 0 saturated heterocycles. The first kappa shape index (κ1) is 14.0. The Morgan fingerprint density at radius 2 is 1.60 bits per heavy atom. The van der Waals surface area contributed by atoms with Crippen molar-refractivity contribution in [2.45, 2.75) is 19.8 Å². The average molecular weight is 329 g/mol. The number of hydrogen-bond donors (Lipinski definition) is 0. The molecule has 0 aliphatic rings. The molecule has 122 valence electrons. The summed E-state index contributed by atoms with van der Waals surface area (Å²) < 4.78 is 3.63. The fourth-order valence-corrected chi connectivity index (χ4v) is 3.05. The molecule has 0 spiro atoms. The van der Waals surface area contributed by atoms with Crippen molar-refractivity contribution in [1.82, 2.24) is 34.2 Å². The monoisotopic (exact) mass is 329 g/mol. The normalized spacial score (nSPS) is 11.7. The van der Waals surface area contributed by atoms with Crippen molar-refractivity contribution in [3.05, 3.63) is 66.1 Å². The molecule has 0 fully saturated rings. The third-order valence-corrected chi connectivity index (χ3v) is 4.30. The quantitative estimate of drug-likeness (QED) is 0.508. The van der Waals surface area contributed by atoms with Crippen LogP contribution in [0.1, 0.15) is 17.2 Å². The Morgan fingerprint density at radius 3 is 2.40 bits per heavy atom. The Bertz CT molecular complexity index is 1220. The van der Waals surface area contributed by atoms with Crippen molar-refractivity contribution in [2.24, 2.45) is 0 Å². The molecular formula is C18H15N7. The summed E-state index contributed by atoms with van der Waals surface area (Å²) in [6.45, 7) is 2.04. The second kappa shape index (κ2) is 5.34. The van der Waals surface area contributed by atoms with E-state index in [0.717, 1.165) is 39.4 Å². The van der Waals surface area contributed by atoms with Crippen LogP contribution in [0.4, 0.5) is 0 Å². The van der Waals surface area contributed by atoms with Crippen molar-refractivity contribution in [3.63, 3.8) is 0 Å². The van der Waals surface area contributed by atoms with Gasteiger partial charge in [-0.15, -0.1) is 0 Å². The number of fused-ring (bicyclic) bond motifs is 4. The third kappa shape index (κ3) is 2.32. The molecule has 0 bridgehead atoms. The van der Waals surface area contributed by atoms with E-state index in [-0.39, 0.29) is 0 Å². The van der Waals surface area contributed by atoms with Gasteiger partial charge in [0.25, 0.3) is 0 Å². The molecule has 0 saturated carbocycles. The van der Waals surface area contributed by atoms with Gasteiger partial charge in [-0.25, -0.2) is 19.0 Å². The second-order valence-electron chi connectivity index (χ2n) is 6.04. The number of aryl methyl sites for hydroxylation is 3. The van der Waals surface area contributed by atoms with Crippen molar-refractivity contribution in [2.75, 3.05) is 0 Å². The summed E-state index contributed by atoms with van der Waals surface area (Å²) in [6.07, 6.45) is 7.00. The van der Waals surface area contributed by atoms with Gasteiger partial charge in [-0.05, 0) is 36.8 Å². The zero-order valence-electron chi connectivity index (χ0n) is 13.7. The Kier molecular flexibility index (Phi) is 3.00. The van der Waals surface area contributed by atoms with Crippen LogP contribution in [0.2, 0.25) is 0 Å². The molecule has 0 atom stereocenters. The first-order valence-electron chi connectivity index (χ1n) is 8.18. The van der Waals surface area contributed by atoms with Crippen LogP contribution in [0.25, 0.3) is 22.2 Å². The topological polar surface area (TPSA) is 73.3 Å². The smallest absolute Gasteiger partial charge is 0.164 e. The molecular weight excluding hydrogens is 314 g/mol. The molecule has 5 heterocycles. The summed E-state index contributed by atoms with van der Waals surface area (Å²) >= 11 is 0. The van der Waals surface area contributed by atoms with Crippen LogP contribution in [0.3, 0.4) is 0 Å². The summed E-state index contributed by atoms with van der Waals surface area (Å²) in [5.41, 5.74) is 3.77. The van der Waals surface area contributed by atoms with E-state index in [4.69, 9.17) is 0 Å². The van der Waals surface area contributed by atoms with Crippen molar-refractivity contribution < 1.29 is 0 Å². The number of hydrogen-bond acceptors (Lipinski definition) is 5. The van der Waals surface area contributed by atoms with Gasteiger partial charge in [0, 0.05) is 36.8 Å². The SMILES string of the molecule is Cc1cccn2nc(CCc3nc4c5cccnc5ccn4n3)nc12. The Hall–Kier alpha value is -3.35. The minimum Gasteiger partial charge on any atom is -0.256 e. The van der Waals surface area contributed by atoms with Gasteiger partial charge in [0.1, 0.15) is 0 Å². The summed E-state index contributed by atoms with van der Waals surface area (Å²) in [5, 5.41) is 10.1. The van der Waals surface area contributed by atoms with Gasteiger partial charge in [-0.2, -0.15) is 10.2 Å². The highest BCUT2D eigenvalue weighted by Gasteiger charge is 2.10. The minimum absolute atomic E-state index is 0.694. The molecule has 25 heavy (non-hydrogen) atoms. The number of aromatic nitrogens is 7. The standard InChI is InChI=1S/C18H15N7/c1-12-4-3-10-24-17(12)20-15(22-24)6-7-16-21-18-13-5-2-9-19-14(13)8-11-25(18)23-16/h2-5,8-11H,6-7H2,1H3. The maximum absolute atomic E-state index is 4.68. The molecule has 0 amide bonds. The lowest BCUT2D eigenvalue weighted by molar-refractivity contribution is 0.788. The zero-order valence-corrected chi connectivity index (χ0v) is 13.7. The van der Waals surface area contributed by atoms with Gasteiger partial charge in [-0.1, -0.05) is 6.07 Å². The van der Waals surface area contributed by atoms with E-state index in [9.17, 15) is 0 Å². The lowest BCUT2D eigenvalue weighted by Gasteiger charge is -1.96. The van der Waals surface area contributed by atoms with Crippen molar-refractivity contribution in [3.8, 4) is 0 Å². The molecule has 0 aliphatic heterocycles. The largest absolute Gasteiger partial charge is 0.256 e. The number of nitrogens with zero attached hydrogens (tertiary/aromatic N) is 7. The van der Waals surface area contributed by atoms with Crippen LogP contribution in [0.15, 0.2) is 48.9 Å². The lowest BCUT2D eigenvalue weighted by atomic mass is 10.2. The minimum atomic E-state index is 0.694. The molecule has 0 radical (unpaired) electrons. The van der Waals surface area contributed by atoms with E-state index in [1.807, 2.05) is 54.2 Å². The van der Waals surface area contributed by atoms with E-state index in [0.29, 0.717) is 12.8 Å². The molecule has 5 aromatic heterocycles. The van der Waals surface area contributed by atoms with Gasteiger partial charge < -0.3 is 0 Å². The predicted octanol–water partition coefficient (Wildman–Crippen LogP) is 2.41.